The van der Waals surface area contributed by atoms with Crippen LogP contribution in [0.5, 0.6) is 0 Å². The molecule has 18 heavy (non-hydrogen) atoms. The summed E-state index contributed by atoms with van der Waals surface area (Å²) in [5.74, 6) is 0.824. The van der Waals surface area contributed by atoms with Crippen molar-refractivity contribution in [2.75, 3.05) is 13.7 Å². The molecule has 0 bridgehead atoms. The summed E-state index contributed by atoms with van der Waals surface area (Å²) in [5.41, 5.74) is 6.97. The van der Waals surface area contributed by atoms with Crippen molar-refractivity contribution in [3.8, 4) is 11.5 Å². The first-order valence-electron chi connectivity index (χ1n) is 5.58. The van der Waals surface area contributed by atoms with Crippen molar-refractivity contribution in [1.82, 2.24) is 15.1 Å². The monoisotopic (exact) mass is 248 g/mol. The van der Waals surface area contributed by atoms with Crippen molar-refractivity contribution >= 4 is 0 Å². The molecule has 6 nitrogen and oxygen atoms in total. The molecule has 2 rings (SSSR count). The lowest BCUT2D eigenvalue weighted by Gasteiger charge is -2.18. The Kier molecular flexibility index (Phi) is 3.40. The van der Waals surface area contributed by atoms with E-state index in [1.807, 2.05) is 19.1 Å². The molecular formula is C12H16N4O2. The first-order valence-corrected chi connectivity index (χ1v) is 5.58. The molecule has 0 saturated carbocycles. The van der Waals surface area contributed by atoms with Crippen LogP contribution in [0.2, 0.25) is 0 Å². The third-order valence-electron chi connectivity index (χ3n) is 2.54. The number of hydrogen-bond acceptors (Lipinski definition) is 6. The summed E-state index contributed by atoms with van der Waals surface area (Å²) in [6.07, 6.45) is 1.69. The van der Waals surface area contributed by atoms with Gasteiger partial charge in [-0.15, -0.1) is 0 Å². The van der Waals surface area contributed by atoms with Gasteiger partial charge in [-0.25, -0.2) is 0 Å². The minimum atomic E-state index is -0.769. The molecule has 96 valence electrons. The van der Waals surface area contributed by atoms with Gasteiger partial charge in [-0.3, -0.25) is 4.98 Å². The number of methoxy groups -OCH3 is 1. The van der Waals surface area contributed by atoms with Crippen LogP contribution >= 0.6 is 0 Å². The van der Waals surface area contributed by atoms with Crippen molar-refractivity contribution in [3.63, 3.8) is 0 Å². The Hall–Kier alpha value is -1.79. The number of nitrogens with two attached hydrogens (primary N) is 1. The second-order valence-corrected chi connectivity index (χ2v) is 4.46. The van der Waals surface area contributed by atoms with Crippen molar-refractivity contribution < 1.29 is 9.26 Å². The van der Waals surface area contributed by atoms with Gasteiger partial charge in [0.25, 0.3) is 5.89 Å². The molecule has 1 unspecified atom stereocenters. The van der Waals surface area contributed by atoms with Crippen LogP contribution < -0.4 is 5.73 Å². The van der Waals surface area contributed by atoms with Crippen molar-refractivity contribution in [3.05, 3.63) is 29.8 Å². The van der Waals surface area contributed by atoms with Gasteiger partial charge in [0.05, 0.1) is 12.2 Å². The zero-order valence-corrected chi connectivity index (χ0v) is 10.7. The molecule has 2 heterocycles. The predicted molar refractivity (Wildman–Crippen MR) is 65.7 cm³/mol. The number of pyridine rings is 1. The number of hydrogen-bond donors (Lipinski definition) is 1. The Morgan fingerprint density at radius 1 is 1.44 bits per heavy atom. The van der Waals surface area contributed by atoms with E-state index < -0.39 is 5.54 Å². The van der Waals surface area contributed by atoms with Crippen LogP contribution in [0.15, 0.2) is 22.9 Å². The van der Waals surface area contributed by atoms with Gasteiger partial charge in [-0.1, -0.05) is 5.16 Å². The van der Waals surface area contributed by atoms with Crippen LogP contribution in [0.25, 0.3) is 11.5 Å². The summed E-state index contributed by atoms with van der Waals surface area (Å²) < 4.78 is 10.2. The third kappa shape index (κ3) is 2.55. The van der Waals surface area contributed by atoms with Gasteiger partial charge < -0.3 is 15.0 Å². The fourth-order valence-electron chi connectivity index (χ4n) is 1.53. The van der Waals surface area contributed by atoms with E-state index in [1.165, 1.54) is 0 Å². The van der Waals surface area contributed by atoms with E-state index in [-0.39, 0.29) is 0 Å². The van der Waals surface area contributed by atoms with Crippen LogP contribution in [0.3, 0.4) is 0 Å². The van der Waals surface area contributed by atoms with Gasteiger partial charge in [0.15, 0.2) is 5.82 Å². The number of aromatic nitrogens is 3. The first kappa shape index (κ1) is 12.7. The molecule has 6 heteroatoms. The van der Waals surface area contributed by atoms with Crippen LogP contribution in [0, 0.1) is 6.92 Å². The predicted octanol–water partition coefficient (Wildman–Crippen LogP) is 1.26. The van der Waals surface area contributed by atoms with Crippen LogP contribution in [-0.2, 0) is 10.3 Å². The van der Waals surface area contributed by atoms with E-state index in [0.717, 1.165) is 11.3 Å². The molecule has 0 spiro atoms. The SMILES string of the molecule is COCC(C)(N)c1noc(-c2ccc(C)nc2)n1. The minimum absolute atomic E-state index is 0.318. The Balaban J connectivity index is 2.28. The van der Waals surface area contributed by atoms with E-state index in [0.29, 0.717) is 18.3 Å². The van der Waals surface area contributed by atoms with E-state index in [2.05, 4.69) is 15.1 Å². The Labute approximate surface area is 105 Å². The van der Waals surface area contributed by atoms with Crippen molar-refractivity contribution in [1.29, 1.82) is 0 Å². The molecule has 0 radical (unpaired) electrons. The lowest BCUT2D eigenvalue weighted by Crippen LogP contribution is -2.38. The molecule has 0 aliphatic rings. The van der Waals surface area contributed by atoms with Gasteiger partial charge in [0.1, 0.15) is 5.54 Å². The van der Waals surface area contributed by atoms with E-state index >= 15 is 0 Å². The maximum atomic E-state index is 6.04. The average molecular weight is 248 g/mol. The van der Waals surface area contributed by atoms with Gasteiger partial charge in [-0.05, 0) is 26.0 Å². The molecule has 1 atom stereocenters. The molecule has 0 amide bonds. The summed E-state index contributed by atoms with van der Waals surface area (Å²) in [6, 6.07) is 3.76. The van der Waals surface area contributed by atoms with Gasteiger partial charge in [0, 0.05) is 19.0 Å². The number of ether oxygens (including phenoxy) is 1. The lowest BCUT2D eigenvalue weighted by molar-refractivity contribution is 0.135. The molecule has 0 aliphatic heterocycles. The summed E-state index contributed by atoms with van der Waals surface area (Å²) in [4.78, 5) is 8.46. The molecule has 2 aromatic rings. The van der Waals surface area contributed by atoms with Crippen molar-refractivity contribution in [2.45, 2.75) is 19.4 Å². The Morgan fingerprint density at radius 2 is 2.22 bits per heavy atom. The number of rotatable bonds is 4. The first-order chi connectivity index (χ1) is 8.53. The molecule has 2 N–H and O–H groups in total. The molecule has 2 aromatic heterocycles. The standard InChI is InChI=1S/C12H16N4O2/c1-8-4-5-9(6-14-8)10-15-11(16-18-10)12(2,13)7-17-3/h4-6H,7,13H2,1-3H3. The summed E-state index contributed by atoms with van der Waals surface area (Å²) >= 11 is 0. The van der Waals surface area contributed by atoms with Crippen molar-refractivity contribution in [2.24, 2.45) is 5.73 Å². The van der Waals surface area contributed by atoms with Crippen LogP contribution in [0.4, 0.5) is 0 Å². The fraction of sp³-hybridized carbons (Fsp3) is 0.417. The smallest absolute Gasteiger partial charge is 0.259 e. The minimum Gasteiger partial charge on any atom is -0.382 e. The Morgan fingerprint density at radius 3 is 2.83 bits per heavy atom. The highest BCUT2D eigenvalue weighted by Crippen LogP contribution is 2.20. The highest BCUT2D eigenvalue weighted by atomic mass is 16.5. The fourth-order valence-corrected chi connectivity index (χ4v) is 1.53. The largest absolute Gasteiger partial charge is 0.382 e. The molecule has 0 saturated heterocycles. The van der Waals surface area contributed by atoms with E-state index in [4.69, 9.17) is 15.0 Å². The van der Waals surface area contributed by atoms with E-state index in [9.17, 15) is 0 Å². The third-order valence-corrected chi connectivity index (χ3v) is 2.54. The van der Waals surface area contributed by atoms with E-state index in [1.54, 1.807) is 20.2 Å². The molecule has 0 fully saturated rings. The zero-order chi connectivity index (χ0) is 13.2. The topological polar surface area (TPSA) is 87.1 Å². The van der Waals surface area contributed by atoms with Crippen LogP contribution in [-0.4, -0.2) is 28.8 Å². The zero-order valence-electron chi connectivity index (χ0n) is 10.7. The molecular weight excluding hydrogens is 232 g/mol. The highest BCUT2D eigenvalue weighted by molar-refractivity contribution is 5.51. The number of nitrogens with zero attached hydrogens (tertiary/aromatic N) is 3. The summed E-state index contributed by atoms with van der Waals surface area (Å²) in [7, 11) is 1.58. The summed E-state index contributed by atoms with van der Waals surface area (Å²) in [6.45, 7) is 4.02. The van der Waals surface area contributed by atoms with Gasteiger partial charge in [0.2, 0.25) is 0 Å². The maximum Gasteiger partial charge on any atom is 0.259 e. The average Bonchev–Trinajstić information content (AvgIpc) is 2.80. The second kappa shape index (κ2) is 4.83. The molecule has 0 aromatic carbocycles. The van der Waals surface area contributed by atoms with Gasteiger partial charge in [-0.2, -0.15) is 4.98 Å². The van der Waals surface area contributed by atoms with Crippen LogP contribution in [0.1, 0.15) is 18.4 Å². The highest BCUT2D eigenvalue weighted by Gasteiger charge is 2.27. The quantitative estimate of drug-likeness (QED) is 0.876. The van der Waals surface area contributed by atoms with Gasteiger partial charge >= 0.3 is 0 Å². The number of aryl methyl sites for hydroxylation is 1. The lowest BCUT2D eigenvalue weighted by atomic mass is 10.1. The molecule has 0 aliphatic carbocycles. The normalized spacial score (nSPS) is 14.4. The summed E-state index contributed by atoms with van der Waals surface area (Å²) in [5, 5.41) is 3.89. The second-order valence-electron chi connectivity index (χ2n) is 4.46. The Bertz CT molecular complexity index is 519. The maximum absolute atomic E-state index is 6.04.